The fraction of sp³-hybridized carbons (Fsp3) is 0.389. The Kier molecular flexibility index (Phi) is 8.20. The molecule has 208 valence electrons. The summed E-state index contributed by atoms with van der Waals surface area (Å²) in [6.07, 6.45) is 2.21. The highest BCUT2D eigenvalue weighted by molar-refractivity contribution is 6.92. The van der Waals surface area contributed by atoms with Gasteiger partial charge in [0.25, 0.3) is 0 Å². The number of nitrogens with one attached hydrogen (secondary N) is 2. The van der Waals surface area contributed by atoms with Gasteiger partial charge in [0.2, 0.25) is 0 Å². The molecule has 0 aliphatic carbocycles. The van der Waals surface area contributed by atoms with Crippen LogP contribution >= 0.6 is 0 Å². The molecule has 0 bridgehead atoms. The van der Waals surface area contributed by atoms with Crippen LogP contribution in [-0.4, -0.2) is 15.1 Å². The summed E-state index contributed by atoms with van der Waals surface area (Å²) >= 11 is 0. The Morgan fingerprint density at radius 3 is 1.73 bits per heavy atom. The standard InChI is InChI=1S/C36H47BN2Si/c1-24(2)28-20-31(25(3)4)33(32(21-28)26(5)6)22-30(40(7,8)29-16-10-9-11-17-29)23-37-38-34-18-12-14-27-15-13-19-35(39-37)36(27)34/h9-21,24-26,30,38-39H,22-23H2,1-8H3. The molecule has 1 atom stereocenters. The molecule has 0 saturated carbocycles. The highest BCUT2D eigenvalue weighted by Crippen LogP contribution is 2.41. The fourth-order valence-corrected chi connectivity index (χ4v) is 9.78. The van der Waals surface area contributed by atoms with Crippen molar-refractivity contribution in [2.45, 2.75) is 90.7 Å². The Morgan fingerprint density at radius 1 is 0.675 bits per heavy atom. The van der Waals surface area contributed by atoms with Crippen molar-refractivity contribution in [2.75, 3.05) is 10.5 Å². The molecular weight excluding hydrogens is 499 g/mol. The van der Waals surface area contributed by atoms with Gasteiger partial charge in [0.05, 0.1) is 8.07 Å². The molecule has 0 spiro atoms. The van der Waals surface area contributed by atoms with E-state index in [4.69, 9.17) is 0 Å². The third-order valence-electron chi connectivity index (χ3n) is 9.33. The van der Waals surface area contributed by atoms with E-state index >= 15 is 0 Å². The van der Waals surface area contributed by atoms with Crippen LogP contribution in [0.25, 0.3) is 10.8 Å². The average Bonchev–Trinajstić information content (AvgIpc) is 2.93. The summed E-state index contributed by atoms with van der Waals surface area (Å²) in [5.74, 6) is 1.54. The van der Waals surface area contributed by atoms with Gasteiger partial charge in [0.1, 0.15) is 0 Å². The molecule has 5 rings (SSSR count). The molecule has 40 heavy (non-hydrogen) atoms. The first kappa shape index (κ1) is 28.5. The van der Waals surface area contributed by atoms with E-state index in [1.807, 2.05) is 0 Å². The van der Waals surface area contributed by atoms with Gasteiger partial charge < -0.3 is 10.5 Å². The molecule has 1 aliphatic heterocycles. The summed E-state index contributed by atoms with van der Waals surface area (Å²) in [4.78, 5) is 0. The summed E-state index contributed by atoms with van der Waals surface area (Å²) in [5.41, 5.74) is 9.25. The minimum Gasteiger partial charge on any atom is -0.409 e. The van der Waals surface area contributed by atoms with E-state index in [9.17, 15) is 0 Å². The summed E-state index contributed by atoms with van der Waals surface area (Å²) < 4.78 is 0. The van der Waals surface area contributed by atoms with Gasteiger partial charge in [-0.05, 0) is 75.8 Å². The van der Waals surface area contributed by atoms with Gasteiger partial charge in [-0.15, -0.1) is 0 Å². The quantitative estimate of drug-likeness (QED) is 0.204. The predicted octanol–water partition coefficient (Wildman–Crippen LogP) is 9.76. The third-order valence-corrected chi connectivity index (χ3v) is 13.6. The maximum absolute atomic E-state index is 3.91. The lowest BCUT2D eigenvalue weighted by molar-refractivity contribution is 0.753. The van der Waals surface area contributed by atoms with Crippen molar-refractivity contribution in [3.05, 3.63) is 101 Å². The van der Waals surface area contributed by atoms with Gasteiger partial charge >= 0.3 is 6.98 Å². The molecule has 4 aromatic carbocycles. The molecule has 1 heterocycles. The van der Waals surface area contributed by atoms with E-state index in [-0.39, 0.29) is 6.98 Å². The topological polar surface area (TPSA) is 24.1 Å². The van der Waals surface area contributed by atoms with E-state index < -0.39 is 8.07 Å². The average molecular weight is 547 g/mol. The van der Waals surface area contributed by atoms with Crippen LogP contribution < -0.4 is 15.6 Å². The van der Waals surface area contributed by atoms with Gasteiger partial charge in [-0.1, -0.05) is 127 Å². The molecule has 0 saturated heterocycles. The van der Waals surface area contributed by atoms with Gasteiger partial charge in [-0.3, -0.25) is 0 Å². The van der Waals surface area contributed by atoms with Crippen LogP contribution in [0.5, 0.6) is 0 Å². The number of rotatable bonds is 9. The van der Waals surface area contributed by atoms with Crippen LogP contribution in [-0.2, 0) is 6.42 Å². The molecule has 4 heteroatoms. The maximum atomic E-state index is 3.91. The smallest absolute Gasteiger partial charge is 0.370 e. The van der Waals surface area contributed by atoms with Crippen LogP contribution in [0, 0.1) is 0 Å². The van der Waals surface area contributed by atoms with Crippen LogP contribution in [0.2, 0.25) is 25.0 Å². The molecule has 0 aromatic heterocycles. The zero-order chi connectivity index (χ0) is 28.6. The zero-order valence-corrected chi connectivity index (χ0v) is 26.8. The molecule has 0 fully saturated rings. The Balaban J connectivity index is 1.57. The summed E-state index contributed by atoms with van der Waals surface area (Å²) in [6.45, 7) is 19.6. The molecule has 0 amide bonds. The molecule has 0 radical (unpaired) electrons. The molecule has 1 unspecified atom stereocenters. The van der Waals surface area contributed by atoms with Gasteiger partial charge in [-0.25, -0.2) is 0 Å². The summed E-state index contributed by atoms with van der Waals surface area (Å²) in [7, 11) is -1.86. The summed E-state index contributed by atoms with van der Waals surface area (Å²) in [6, 6.07) is 29.7. The molecule has 2 N–H and O–H groups in total. The number of hydrogen-bond acceptors (Lipinski definition) is 2. The lowest BCUT2D eigenvalue weighted by Crippen LogP contribution is -2.50. The minimum atomic E-state index is -1.86. The van der Waals surface area contributed by atoms with Gasteiger partial charge in [0, 0.05) is 16.8 Å². The van der Waals surface area contributed by atoms with Crippen molar-refractivity contribution in [2.24, 2.45) is 0 Å². The van der Waals surface area contributed by atoms with Crippen LogP contribution in [0.1, 0.15) is 81.5 Å². The number of hydrogen-bond donors (Lipinski definition) is 2. The summed E-state index contributed by atoms with van der Waals surface area (Å²) in [5, 5.41) is 12.0. The lowest BCUT2D eigenvalue weighted by Gasteiger charge is -2.38. The van der Waals surface area contributed by atoms with Crippen molar-refractivity contribution >= 4 is 42.4 Å². The molecule has 2 nitrogen and oxygen atoms in total. The Bertz CT molecular complexity index is 1410. The molecular formula is C36H47BN2Si. The van der Waals surface area contributed by atoms with Crippen LogP contribution in [0.3, 0.4) is 0 Å². The number of anilines is 2. The third kappa shape index (κ3) is 5.61. The van der Waals surface area contributed by atoms with E-state index in [0.717, 1.165) is 12.7 Å². The second-order valence-electron chi connectivity index (χ2n) is 13.4. The molecule has 1 aliphatic rings. The van der Waals surface area contributed by atoms with Gasteiger partial charge in [0.15, 0.2) is 0 Å². The maximum Gasteiger partial charge on any atom is 0.370 e. The van der Waals surface area contributed by atoms with E-state index in [1.54, 1.807) is 21.9 Å². The number of benzene rings is 4. The van der Waals surface area contributed by atoms with Crippen molar-refractivity contribution in [3.63, 3.8) is 0 Å². The lowest BCUT2D eigenvalue weighted by atomic mass is 9.67. The van der Waals surface area contributed by atoms with E-state index in [1.165, 1.54) is 27.7 Å². The fourth-order valence-electron chi connectivity index (χ4n) is 6.72. The normalized spacial score (nSPS) is 14.1. The highest BCUT2D eigenvalue weighted by atomic mass is 28.3. The Hall–Kier alpha value is -2.98. The van der Waals surface area contributed by atoms with Crippen LogP contribution in [0.4, 0.5) is 11.4 Å². The minimum absolute atomic E-state index is 0.195. The first-order valence-corrected chi connectivity index (χ1v) is 18.4. The Morgan fingerprint density at radius 2 is 1.23 bits per heavy atom. The monoisotopic (exact) mass is 546 g/mol. The first-order valence-electron chi connectivity index (χ1n) is 15.3. The predicted molar refractivity (Wildman–Crippen MR) is 181 cm³/mol. The molecule has 4 aromatic rings. The SMILES string of the molecule is CC(C)c1cc(C(C)C)c(CC(CB2Nc3cccc4cccc(c34)N2)[Si](C)(C)c2ccccc2)c(C(C)C)c1. The first-order chi connectivity index (χ1) is 19.1. The van der Waals surface area contributed by atoms with E-state index in [2.05, 4.69) is 144 Å². The largest absolute Gasteiger partial charge is 0.409 e. The van der Waals surface area contributed by atoms with Crippen molar-refractivity contribution in [1.82, 2.24) is 0 Å². The second kappa shape index (κ2) is 11.5. The second-order valence-corrected chi connectivity index (χ2v) is 18.3. The van der Waals surface area contributed by atoms with Crippen molar-refractivity contribution in [1.29, 1.82) is 0 Å². The van der Waals surface area contributed by atoms with Crippen molar-refractivity contribution in [3.8, 4) is 0 Å². The van der Waals surface area contributed by atoms with E-state index in [0.29, 0.717) is 23.3 Å². The van der Waals surface area contributed by atoms with Crippen molar-refractivity contribution < 1.29 is 0 Å². The zero-order valence-electron chi connectivity index (χ0n) is 25.8. The van der Waals surface area contributed by atoms with Gasteiger partial charge in [-0.2, -0.15) is 0 Å². The highest BCUT2D eigenvalue weighted by Gasteiger charge is 2.39. The Labute approximate surface area is 244 Å². The van der Waals surface area contributed by atoms with Crippen LogP contribution in [0.15, 0.2) is 78.9 Å².